The number of fused-ring (bicyclic) bond motifs is 1. The first-order valence-electron chi connectivity index (χ1n) is 4.87. The number of hydrogen-bond acceptors (Lipinski definition) is 3. The molecule has 1 aromatic heterocycles. The minimum atomic E-state index is 0.295. The molecule has 0 radical (unpaired) electrons. The van der Waals surface area contributed by atoms with E-state index in [1.807, 2.05) is 4.68 Å². The summed E-state index contributed by atoms with van der Waals surface area (Å²) in [4.78, 5) is 0. The maximum atomic E-state index is 5.91. The summed E-state index contributed by atoms with van der Waals surface area (Å²) in [5, 5.41) is 8.31. The van der Waals surface area contributed by atoms with Crippen LogP contribution in [0.4, 0.5) is 0 Å². The summed E-state index contributed by atoms with van der Waals surface area (Å²) >= 11 is 0. The van der Waals surface area contributed by atoms with Crippen LogP contribution in [0.25, 0.3) is 0 Å². The third-order valence-electron chi connectivity index (χ3n) is 2.57. The average molecular weight is 180 g/mol. The minimum absolute atomic E-state index is 0.295. The standard InChI is InChI=1S/C9H16N4/c1-6(2)13-9-5-7(10)3-4-8(9)11-12-13/h6-7H,3-5,10H2,1-2H3/t7-/m0/s1. The Labute approximate surface area is 78.1 Å². The van der Waals surface area contributed by atoms with Crippen molar-refractivity contribution in [2.24, 2.45) is 5.73 Å². The van der Waals surface area contributed by atoms with Gasteiger partial charge in [0, 0.05) is 18.5 Å². The van der Waals surface area contributed by atoms with Crippen LogP contribution in [0, 0.1) is 0 Å². The van der Waals surface area contributed by atoms with E-state index in [-0.39, 0.29) is 0 Å². The van der Waals surface area contributed by atoms with Crippen LogP contribution in [0.5, 0.6) is 0 Å². The van der Waals surface area contributed by atoms with E-state index in [1.54, 1.807) is 0 Å². The molecule has 13 heavy (non-hydrogen) atoms. The molecule has 0 spiro atoms. The van der Waals surface area contributed by atoms with Gasteiger partial charge in [-0.25, -0.2) is 4.68 Å². The maximum absolute atomic E-state index is 5.91. The summed E-state index contributed by atoms with van der Waals surface area (Å²) in [7, 11) is 0. The molecule has 1 atom stereocenters. The van der Waals surface area contributed by atoms with Crippen molar-refractivity contribution in [1.29, 1.82) is 0 Å². The van der Waals surface area contributed by atoms with Gasteiger partial charge in [0.2, 0.25) is 0 Å². The van der Waals surface area contributed by atoms with Crippen LogP contribution in [0.15, 0.2) is 0 Å². The van der Waals surface area contributed by atoms with Crippen molar-refractivity contribution in [3.05, 3.63) is 11.4 Å². The topological polar surface area (TPSA) is 56.7 Å². The molecular weight excluding hydrogens is 164 g/mol. The lowest BCUT2D eigenvalue weighted by Crippen LogP contribution is -2.29. The van der Waals surface area contributed by atoms with Crippen molar-refractivity contribution in [3.8, 4) is 0 Å². The second kappa shape index (κ2) is 3.10. The van der Waals surface area contributed by atoms with Crippen LogP contribution in [0.1, 0.15) is 37.7 Å². The van der Waals surface area contributed by atoms with Crippen molar-refractivity contribution in [3.63, 3.8) is 0 Å². The fourth-order valence-electron chi connectivity index (χ4n) is 1.84. The molecule has 4 heteroatoms. The second-order valence-electron chi connectivity index (χ2n) is 4.02. The normalized spacial score (nSPS) is 22.0. The van der Waals surface area contributed by atoms with Gasteiger partial charge in [-0.1, -0.05) is 5.21 Å². The van der Waals surface area contributed by atoms with Gasteiger partial charge >= 0.3 is 0 Å². The second-order valence-corrected chi connectivity index (χ2v) is 4.02. The van der Waals surface area contributed by atoms with E-state index in [9.17, 15) is 0 Å². The van der Waals surface area contributed by atoms with E-state index in [4.69, 9.17) is 5.73 Å². The zero-order valence-corrected chi connectivity index (χ0v) is 8.20. The number of rotatable bonds is 1. The van der Waals surface area contributed by atoms with Crippen LogP contribution < -0.4 is 5.73 Å². The predicted molar refractivity (Wildman–Crippen MR) is 50.4 cm³/mol. The minimum Gasteiger partial charge on any atom is -0.327 e. The lowest BCUT2D eigenvalue weighted by atomic mass is 9.96. The quantitative estimate of drug-likeness (QED) is 0.691. The molecule has 0 bridgehead atoms. The SMILES string of the molecule is CC(C)n1nnc2c1C[C@@H](N)CC2. The van der Waals surface area contributed by atoms with Crippen LogP contribution in [-0.4, -0.2) is 21.0 Å². The molecule has 0 saturated carbocycles. The molecule has 0 aliphatic heterocycles. The average Bonchev–Trinajstić information content (AvgIpc) is 2.46. The van der Waals surface area contributed by atoms with Crippen molar-refractivity contribution in [2.45, 2.75) is 45.2 Å². The summed E-state index contributed by atoms with van der Waals surface area (Å²) in [5.41, 5.74) is 8.30. The Morgan fingerprint density at radius 3 is 3.00 bits per heavy atom. The highest BCUT2D eigenvalue weighted by Crippen LogP contribution is 2.20. The number of nitrogens with two attached hydrogens (primary N) is 1. The van der Waals surface area contributed by atoms with Gasteiger partial charge in [0.1, 0.15) is 0 Å². The molecule has 1 heterocycles. The Hall–Kier alpha value is -0.900. The monoisotopic (exact) mass is 180 g/mol. The van der Waals surface area contributed by atoms with Gasteiger partial charge in [0.15, 0.2) is 0 Å². The molecule has 0 aromatic carbocycles. The number of hydrogen-bond donors (Lipinski definition) is 1. The van der Waals surface area contributed by atoms with Gasteiger partial charge in [0.25, 0.3) is 0 Å². The van der Waals surface area contributed by atoms with Crippen molar-refractivity contribution >= 4 is 0 Å². The molecule has 0 unspecified atom stereocenters. The van der Waals surface area contributed by atoms with Crippen molar-refractivity contribution < 1.29 is 0 Å². The molecule has 0 fully saturated rings. The van der Waals surface area contributed by atoms with Gasteiger partial charge in [-0.3, -0.25) is 0 Å². The Balaban J connectivity index is 2.35. The molecule has 2 rings (SSSR count). The lowest BCUT2D eigenvalue weighted by Gasteiger charge is -2.19. The van der Waals surface area contributed by atoms with E-state index in [0.717, 1.165) is 25.0 Å². The van der Waals surface area contributed by atoms with Gasteiger partial charge in [-0.15, -0.1) is 5.10 Å². The first-order valence-corrected chi connectivity index (χ1v) is 4.87. The molecule has 0 amide bonds. The first kappa shape index (κ1) is 8.69. The van der Waals surface area contributed by atoms with E-state index in [2.05, 4.69) is 24.2 Å². The van der Waals surface area contributed by atoms with Crippen LogP contribution in [-0.2, 0) is 12.8 Å². The Bertz CT molecular complexity index is 303. The Morgan fingerprint density at radius 2 is 2.31 bits per heavy atom. The molecular formula is C9H16N4. The zero-order valence-electron chi connectivity index (χ0n) is 8.20. The lowest BCUT2D eigenvalue weighted by molar-refractivity contribution is 0.471. The third kappa shape index (κ3) is 1.46. The van der Waals surface area contributed by atoms with Gasteiger partial charge in [-0.05, 0) is 26.7 Å². The maximum Gasteiger partial charge on any atom is 0.0860 e. The summed E-state index contributed by atoms with van der Waals surface area (Å²) in [6, 6.07) is 0.685. The predicted octanol–water partition coefficient (Wildman–Crippen LogP) is 0.675. The molecule has 2 N–H and O–H groups in total. The summed E-state index contributed by atoms with van der Waals surface area (Å²) in [5.74, 6) is 0. The molecule has 1 aliphatic rings. The van der Waals surface area contributed by atoms with Crippen LogP contribution >= 0.6 is 0 Å². The van der Waals surface area contributed by atoms with E-state index in [1.165, 1.54) is 5.69 Å². The summed E-state index contributed by atoms with van der Waals surface area (Å²) in [6.45, 7) is 4.24. The van der Waals surface area contributed by atoms with Crippen LogP contribution in [0.3, 0.4) is 0 Å². The van der Waals surface area contributed by atoms with E-state index >= 15 is 0 Å². The highest BCUT2D eigenvalue weighted by atomic mass is 15.4. The fourth-order valence-corrected chi connectivity index (χ4v) is 1.84. The largest absolute Gasteiger partial charge is 0.327 e. The molecule has 72 valence electrons. The van der Waals surface area contributed by atoms with Crippen molar-refractivity contribution in [2.75, 3.05) is 0 Å². The van der Waals surface area contributed by atoms with E-state index < -0.39 is 0 Å². The van der Waals surface area contributed by atoms with Crippen molar-refractivity contribution in [1.82, 2.24) is 15.0 Å². The molecule has 4 nitrogen and oxygen atoms in total. The van der Waals surface area contributed by atoms with Gasteiger partial charge in [-0.2, -0.15) is 0 Å². The Kier molecular flexibility index (Phi) is 2.07. The summed E-state index contributed by atoms with van der Waals surface area (Å²) < 4.78 is 1.99. The fraction of sp³-hybridized carbons (Fsp3) is 0.778. The highest BCUT2D eigenvalue weighted by molar-refractivity contribution is 5.16. The Morgan fingerprint density at radius 1 is 1.54 bits per heavy atom. The highest BCUT2D eigenvalue weighted by Gasteiger charge is 2.22. The molecule has 0 saturated heterocycles. The van der Waals surface area contributed by atoms with Crippen LogP contribution in [0.2, 0.25) is 0 Å². The smallest absolute Gasteiger partial charge is 0.0860 e. The van der Waals surface area contributed by atoms with Gasteiger partial charge in [0.05, 0.1) is 11.4 Å². The summed E-state index contributed by atoms with van der Waals surface area (Å²) in [6.07, 6.45) is 2.97. The zero-order chi connectivity index (χ0) is 9.42. The van der Waals surface area contributed by atoms with E-state index in [0.29, 0.717) is 12.1 Å². The molecule has 1 aliphatic carbocycles. The van der Waals surface area contributed by atoms with Gasteiger partial charge < -0.3 is 5.73 Å². The molecule has 1 aromatic rings. The number of aryl methyl sites for hydroxylation is 1. The first-order chi connectivity index (χ1) is 6.18. The third-order valence-corrected chi connectivity index (χ3v) is 2.57. The number of aromatic nitrogens is 3. The number of nitrogens with zero attached hydrogens (tertiary/aromatic N) is 3.